The lowest BCUT2D eigenvalue weighted by Crippen LogP contribution is -2.42. The number of hydrogen-bond donors (Lipinski definition) is 2. The normalized spacial score (nSPS) is 14.0. The molecule has 0 spiro atoms. The first-order chi connectivity index (χ1) is 7.39. The van der Waals surface area contributed by atoms with Gasteiger partial charge in [-0.2, -0.15) is 8.42 Å². The van der Waals surface area contributed by atoms with Crippen molar-refractivity contribution in [3.63, 3.8) is 0 Å². The van der Waals surface area contributed by atoms with E-state index >= 15 is 0 Å². The van der Waals surface area contributed by atoms with Crippen LogP contribution >= 0.6 is 0 Å². The van der Waals surface area contributed by atoms with E-state index in [1.165, 1.54) is 0 Å². The molecule has 0 aromatic heterocycles. The summed E-state index contributed by atoms with van der Waals surface area (Å²) in [5.41, 5.74) is 0.873. The second-order valence-corrected chi connectivity index (χ2v) is 5.61. The predicted molar refractivity (Wildman–Crippen MR) is 63.8 cm³/mol. The van der Waals surface area contributed by atoms with Gasteiger partial charge in [-0.15, -0.1) is 0 Å². The summed E-state index contributed by atoms with van der Waals surface area (Å²) in [6.45, 7) is 3.67. The SMILES string of the molecule is CC(C)N[C@@H](Cc1ccccc1)S(=O)(=O)O. The van der Waals surface area contributed by atoms with Crippen molar-refractivity contribution < 1.29 is 13.0 Å². The van der Waals surface area contributed by atoms with Crippen molar-refractivity contribution in [1.82, 2.24) is 5.32 Å². The molecular weight excluding hydrogens is 226 g/mol. The van der Waals surface area contributed by atoms with Crippen LogP contribution in [0.15, 0.2) is 30.3 Å². The highest BCUT2D eigenvalue weighted by Gasteiger charge is 2.23. The van der Waals surface area contributed by atoms with Crippen LogP contribution in [0.5, 0.6) is 0 Å². The Labute approximate surface area is 96.4 Å². The van der Waals surface area contributed by atoms with Crippen molar-refractivity contribution >= 4 is 10.1 Å². The average Bonchev–Trinajstić information content (AvgIpc) is 2.16. The van der Waals surface area contributed by atoms with Gasteiger partial charge in [-0.25, -0.2) is 0 Å². The van der Waals surface area contributed by atoms with E-state index in [4.69, 9.17) is 4.55 Å². The quantitative estimate of drug-likeness (QED) is 0.768. The van der Waals surface area contributed by atoms with E-state index in [-0.39, 0.29) is 12.5 Å². The Morgan fingerprint density at radius 2 is 1.81 bits per heavy atom. The highest BCUT2D eigenvalue weighted by molar-refractivity contribution is 7.86. The molecule has 1 atom stereocenters. The molecule has 0 unspecified atom stereocenters. The molecule has 0 bridgehead atoms. The Balaban J connectivity index is 2.80. The number of hydrogen-bond acceptors (Lipinski definition) is 3. The largest absolute Gasteiger partial charge is 0.297 e. The van der Waals surface area contributed by atoms with Crippen LogP contribution in [0.1, 0.15) is 19.4 Å². The Bertz CT molecular complexity index is 414. The zero-order chi connectivity index (χ0) is 12.2. The number of benzene rings is 1. The standard InChI is InChI=1S/C11H17NO3S/c1-9(2)12-11(16(13,14)15)8-10-6-4-3-5-7-10/h3-7,9,11-12H,8H2,1-2H3,(H,13,14,15)/t11-/m1/s1. The molecule has 2 N–H and O–H groups in total. The maximum atomic E-state index is 11.2. The van der Waals surface area contributed by atoms with Crippen molar-refractivity contribution in [3.05, 3.63) is 35.9 Å². The average molecular weight is 243 g/mol. The van der Waals surface area contributed by atoms with Crippen molar-refractivity contribution in [2.24, 2.45) is 0 Å². The van der Waals surface area contributed by atoms with Gasteiger partial charge in [-0.1, -0.05) is 30.3 Å². The van der Waals surface area contributed by atoms with Gasteiger partial charge < -0.3 is 0 Å². The Morgan fingerprint density at radius 1 is 1.25 bits per heavy atom. The van der Waals surface area contributed by atoms with Crippen LogP contribution in [0.3, 0.4) is 0 Å². The van der Waals surface area contributed by atoms with Crippen LogP contribution in [0, 0.1) is 0 Å². The zero-order valence-corrected chi connectivity index (χ0v) is 10.2. The van der Waals surface area contributed by atoms with Crippen LogP contribution < -0.4 is 5.32 Å². The van der Waals surface area contributed by atoms with Gasteiger partial charge in [0.25, 0.3) is 10.1 Å². The fourth-order valence-corrected chi connectivity index (χ4v) is 2.30. The van der Waals surface area contributed by atoms with E-state index in [9.17, 15) is 8.42 Å². The molecular formula is C11H17NO3S. The summed E-state index contributed by atoms with van der Waals surface area (Å²) in [5, 5.41) is 1.88. The molecule has 4 nitrogen and oxygen atoms in total. The molecule has 0 fully saturated rings. The predicted octanol–water partition coefficient (Wildman–Crippen LogP) is 1.44. The van der Waals surface area contributed by atoms with Gasteiger partial charge in [0.15, 0.2) is 0 Å². The fraction of sp³-hybridized carbons (Fsp3) is 0.455. The molecule has 16 heavy (non-hydrogen) atoms. The maximum absolute atomic E-state index is 11.2. The van der Waals surface area contributed by atoms with Crippen molar-refractivity contribution in [1.29, 1.82) is 0 Å². The first-order valence-electron chi connectivity index (χ1n) is 5.16. The lowest BCUT2D eigenvalue weighted by molar-refractivity contribution is 0.435. The van der Waals surface area contributed by atoms with Crippen molar-refractivity contribution in [3.8, 4) is 0 Å². The Hall–Kier alpha value is -0.910. The molecule has 0 aliphatic carbocycles. The molecule has 90 valence electrons. The van der Waals surface area contributed by atoms with Gasteiger partial charge >= 0.3 is 0 Å². The van der Waals surface area contributed by atoms with Crippen LogP contribution in [0.4, 0.5) is 0 Å². The van der Waals surface area contributed by atoms with E-state index in [1.807, 2.05) is 44.2 Å². The van der Waals surface area contributed by atoms with Gasteiger partial charge in [0.05, 0.1) is 0 Å². The van der Waals surface area contributed by atoms with E-state index in [0.717, 1.165) is 5.56 Å². The van der Waals surface area contributed by atoms with Crippen LogP contribution in [-0.2, 0) is 16.5 Å². The molecule has 1 aromatic rings. The van der Waals surface area contributed by atoms with Crippen LogP contribution in [0.25, 0.3) is 0 Å². The minimum Gasteiger partial charge on any atom is -0.297 e. The van der Waals surface area contributed by atoms with E-state index in [0.29, 0.717) is 0 Å². The van der Waals surface area contributed by atoms with Crippen molar-refractivity contribution in [2.75, 3.05) is 0 Å². The number of rotatable bonds is 5. The summed E-state index contributed by atoms with van der Waals surface area (Å²) < 4.78 is 31.4. The zero-order valence-electron chi connectivity index (χ0n) is 9.42. The fourth-order valence-electron chi connectivity index (χ4n) is 1.45. The highest BCUT2D eigenvalue weighted by Crippen LogP contribution is 2.07. The van der Waals surface area contributed by atoms with Crippen LogP contribution in [-0.4, -0.2) is 24.4 Å². The second-order valence-electron chi connectivity index (χ2n) is 4.01. The van der Waals surface area contributed by atoms with Crippen LogP contribution in [0.2, 0.25) is 0 Å². The summed E-state index contributed by atoms with van der Waals surface area (Å²) in [4.78, 5) is 0. The molecule has 0 radical (unpaired) electrons. The van der Waals surface area contributed by atoms with Gasteiger partial charge in [0.2, 0.25) is 0 Å². The molecule has 0 saturated heterocycles. The third-order valence-corrected chi connectivity index (χ3v) is 3.16. The third-order valence-electron chi connectivity index (χ3n) is 2.14. The molecule has 1 rings (SSSR count). The van der Waals surface area contributed by atoms with E-state index < -0.39 is 15.5 Å². The van der Waals surface area contributed by atoms with Gasteiger partial charge in [-0.3, -0.25) is 9.87 Å². The molecule has 0 heterocycles. The Kier molecular flexibility index (Phi) is 4.46. The minimum absolute atomic E-state index is 0.00404. The van der Waals surface area contributed by atoms with Gasteiger partial charge in [0, 0.05) is 12.5 Å². The first-order valence-corrected chi connectivity index (χ1v) is 6.66. The monoisotopic (exact) mass is 243 g/mol. The highest BCUT2D eigenvalue weighted by atomic mass is 32.2. The summed E-state index contributed by atoms with van der Waals surface area (Å²) in [5.74, 6) is 0. The maximum Gasteiger partial charge on any atom is 0.281 e. The molecule has 0 aliphatic heterocycles. The smallest absolute Gasteiger partial charge is 0.281 e. The minimum atomic E-state index is -4.07. The van der Waals surface area contributed by atoms with Gasteiger partial charge in [0.1, 0.15) is 5.37 Å². The molecule has 0 aliphatic rings. The first kappa shape index (κ1) is 13.2. The summed E-state index contributed by atoms with van der Waals surface area (Å²) in [6, 6.07) is 9.20. The summed E-state index contributed by atoms with van der Waals surface area (Å²) in [6.07, 6.45) is 0.262. The Morgan fingerprint density at radius 3 is 2.25 bits per heavy atom. The molecule has 0 saturated carbocycles. The molecule has 0 amide bonds. The third kappa shape index (κ3) is 4.30. The molecule has 5 heteroatoms. The second kappa shape index (κ2) is 5.43. The molecule has 1 aromatic carbocycles. The summed E-state index contributed by atoms with van der Waals surface area (Å²) in [7, 11) is -4.07. The lowest BCUT2D eigenvalue weighted by Gasteiger charge is -2.18. The van der Waals surface area contributed by atoms with Gasteiger partial charge in [-0.05, 0) is 19.4 Å². The lowest BCUT2D eigenvalue weighted by atomic mass is 10.1. The van der Waals surface area contributed by atoms with Crippen molar-refractivity contribution in [2.45, 2.75) is 31.7 Å². The topological polar surface area (TPSA) is 66.4 Å². The summed E-state index contributed by atoms with van der Waals surface area (Å²) >= 11 is 0. The number of nitrogens with one attached hydrogen (secondary N) is 1. The van der Waals surface area contributed by atoms with E-state index in [2.05, 4.69) is 5.32 Å². The van der Waals surface area contributed by atoms with E-state index in [1.54, 1.807) is 0 Å².